The summed E-state index contributed by atoms with van der Waals surface area (Å²) in [5.74, 6) is 1.11. The van der Waals surface area contributed by atoms with Gasteiger partial charge in [-0.3, -0.25) is 9.69 Å². The lowest BCUT2D eigenvalue weighted by molar-refractivity contribution is -0.143. The minimum Gasteiger partial charge on any atom is -0.481 e. The van der Waals surface area contributed by atoms with E-state index in [-0.39, 0.29) is 5.92 Å². The van der Waals surface area contributed by atoms with Crippen LogP contribution in [-0.4, -0.2) is 35.1 Å². The van der Waals surface area contributed by atoms with E-state index in [4.69, 9.17) is 0 Å². The fraction of sp³-hybridized carbons (Fsp3) is 0.923. The van der Waals surface area contributed by atoms with Crippen LogP contribution in [0.1, 0.15) is 38.5 Å². The molecule has 90 valence electrons. The number of hydrogen-bond acceptors (Lipinski definition) is 2. The summed E-state index contributed by atoms with van der Waals surface area (Å²) in [6.07, 6.45) is 7.27. The maximum atomic E-state index is 11.2. The van der Waals surface area contributed by atoms with Crippen molar-refractivity contribution < 1.29 is 9.90 Å². The molecule has 2 aliphatic carbocycles. The molecular formula is C13H21NO2. The lowest BCUT2D eigenvalue weighted by atomic mass is 10.0. The average Bonchev–Trinajstić information content (AvgIpc) is 2.91. The molecular weight excluding hydrogens is 202 g/mol. The Morgan fingerprint density at radius 2 is 1.62 bits per heavy atom. The molecule has 3 heteroatoms. The van der Waals surface area contributed by atoms with Crippen LogP contribution < -0.4 is 0 Å². The topological polar surface area (TPSA) is 40.5 Å². The number of carbonyl (C=O) groups is 1. The molecule has 0 aromatic rings. The van der Waals surface area contributed by atoms with Crippen LogP contribution in [0.2, 0.25) is 0 Å². The zero-order chi connectivity index (χ0) is 11.1. The standard InChI is InChI=1S/C13H21NO2/c15-13(16)11-5-2-6-12(11)14-7-9-3-1-4-10(9)8-14/h9-12H,1-8H2,(H,15,16). The zero-order valence-corrected chi connectivity index (χ0v) is 9.77. The molecule has 0 amide bonds. The number of rotatable bonds is 2. The average molecular weight is 223 g/mol. The van der Waals surface area contributed by atoms with Gasteiger partial charge in [0.1, 0.15) is 0 Å². The summed E-state index contributed by atoms with van der Waals surface area (Å²) in [6.45, 7) is 2.36. The fourth-order valence-corrected chi connectivity index (χ4v) is 4.21. The number of hydrogen-bond donors (Lipinski definition) is 1. The molecule has 1 N–H and O–H groups in total. The number of nitrogens with zero attached hydrogens (tertiary/aromatic N) is 1. The molecule has 16 heavy (non-hydrogen) atoms. The zero-order valence-electron chi connectivity index (χ0n) is 9.77. The lowest BCUT2D eigenvalue weighted by Gasteiger charge is -2.28. The number of likely N-dealkylation sites (tertiary alicyclic amines) is 1. The van der Waals surface area contributed by atoms with E-state index < -0.39 is 5.97 Å². The minimum absolute atomic E-state index is 0.0844. The van der Waals surface area contributed by atoms with E-state index in [0.717, 1.165) is 31.1 Å². The number of fused-ring (bicyclic) bond motifs is 1. The van der Waals surface area contributed by atoms with Crippen molar-refractivity contribution in [1.29, 1.82) is 0 Å². The minimum atomic E-state index is -0.570. The van der Waals surface area contributed by atoms with Crippen LogP contribution >= 0.6 is 0 Å². The highest BCUT2D eigenvalue weighted by Gasteiger charge is 2.43. The third kappa shape index (κ3) is 1.65. The summed E-state index contributed by atoms with van der Waals surface area (Å²) in [5, 5.41) is 9.22. The van der Waals surface area contributed by atoms with Gasteiger partial charge in [-0.25, -0.2) is 0 Å². The Bertz CT molecular complexity index is 280. The second kappa shape index (κ2) is 4.02. The molecule has 1 aliphatic heterocycles. The molecule has 0 aromatic heterocycles. The van der Waals surface area contributed by atoms with Crippen molar-refractivity contribution in [2.75, 3.05) is 13.1 Å². The Labute approximate surface area is 96.8 Å². The summed E-state index contributed by atoms with van der Waals surface area (Å²) in [6, 6.07) is 0.350. The molecule has 0 bridgehead atoms. The Morgan fingerprint density at radius 3 is 2.25 bits per heavy atom. The molecule has 3 rings (SSSR count). The van der Waals surface area contributed by atoms with Gasteiger partial charge in [0.25, 0.3) is 0 Å². The second-order valence-electron chi connectivity index (χ2n) is 5.85. The van der Waals surface area contributed by atoms with Gasteiger partial charge in [-0.05, 0) is 37.5 Å². The summed E-state index contributed by atoms with van der Waals surface area (Å²) < 4.78 is 0. The van der Waals surface area contributed by atoms with Crippen LogP contribution in [0.3, 0.4) is 0 Å². The molecule has 4 atom stereocenters. The molecule has 3 nitrogen and oxygen atoms in total. The molecule has 0 spiro atoms. The Morgan fingerprint density at radius 1 is 1.00 bits per heavy atom. The van der Waals surface area contributed by atoms with E-state index in [1.165, 1.54) is 32.4 Å². The van der Waals surface area contributed by atoms with Crippen molar-refractivity contribution in [3.8, 4) is 0 Å². The molecule has 0 radical (unpaired) electrons. The van der Waals surface area contributed by atoms with Crippen LogP contribution in [-0.2, 0) is 4.79 Å². The van der Waals surface area contributed by atoms with Crippen LogP contribution in [0.5, 0.6) is 0 Å². The van der Waals surface area contributed by atoms with E-state index in [1.807, 2.05) is 0 Å². The van der Waals surface area contributed by atoms with Gasteiger partial charge < -0.3 is 5.11 Å². The lowest BCUT2D eigenvalue weighted by Crippen LogP contribution is -2.39. The third-order valence-electron chi connectivity index (χ3n) is 5.02. The largest absolute Gasteiger partial charge is 0.481 e. The van der Waals surface area contributed by atoms with Crippen LogP contribution in [0.15, 0.2) is 0 Å². The first-order valence-electron chi connectivity index (χ1n) is 6.72. The normalized spacial score (nSPS) is 43.8. The first-order valence-corrected chi connectivity index (χ1v) is 6.72. The Hall–Kier alpha value is -0.570. The van der Waals surface area contributed by atoms with Crippen molar-refractivity contribution in [3.63, 3.8) is 0 Å². The summed E-state index contributed by atoms with van der Waals surface area (Å²) in [5.41, 5.74) is 0. The molecule has 1 saturated heterocycles. The molecule has 0 aromatic carbocycles. The first-order chi connectivity index (χ1) is 7.75. The van der Waals surface area contributed by atoms with Gasteiger partial charge in [-0.2, -0.15) is 0 Å². The second-order valence-corrected chi connectivity index (χ2v) is 5.85. The summed E-state index contributed by atoms with van der Waals surface area (Å²) in [7, 11) is 0. The highest BCUT2D eigenvalue weighted by atomic mass is 16.4. The van der Waals surface area contributed by atoms with Crippen molar-refractivity contribution in [2.24, 2.45) is 17.8 Å². The van der Waals surface area contributed by atoms with Gasteiger partial charge in [-0.15, -0.1) is 0 Å². The van der Waals surface area contributed by atoms with Gasteiger partial charge in [-0.1, -0.05) is 12.8 Å². The highest BCUT2D eigenvalue weighted by molar-refractivity contribution is 5.71. The molecule has 1 heterocycles. The van der Waals surface area contributed by atoms with E-state index in [1.54, 1.807) is 0 Å². The first kappa shape index (κ1) is 10.6. The Balaban J connectivity index is 1.67. The number of aliphatic carboxylic acids is 1. The maximum Gasteiger partial charge on any atom is 0.308 e. The fourth-order valence-electron chi connectivity index (χ4n) is 4.21. The van der Waals surface area contributed by atoms with Gasteiger partial charge in [0.05, 0.1) is 5.92 Å². The SMILES string of the molecule is O=C(O)C1CCCC1N1CC2CCCC2C1. The van der Waals surface area contributed by atoms with E-state index in [9.17, 15) is 9.90 Å². The Kier molecular flexibility index (Phi) is 2.66. The van der Waals surface area contributed by atoms with Gasteiger partial charge in [0.2, 0.25) is 0 Å². The van der Waals surface area contributed by atoms with Crippen molar-refractivity contribution in [2.45, 2.75) is 44.6 Å². The van der Waals surface area contributed by atoms with Crippen molar-refractivity contribution in [3.05, 3.63) is 0 Å². The van der Waals surface area contributed by atoms with E-state index in [0.29, 0.717) is 6.04 Å². The number of carboxylic acids is 1. The molecule has 2 saturated carbocycles. The summed E-state index contributed by atoms with van der Waals surface area (Å²) in [4.78, 5) is 13.7. The van der Waals surface area contributed by atoms with Crippen LogP contribution in [0.4, 0.5) is 0 Å². The smallest absolute Gasteiger partial charge is 0.308 e. The van der Waals surface area contributed by atoms with Gasteiger partial charge >= 0.3 is 5.97 Å². The monoisotopic (exact) mass is 223 g/mol. The van der Waals surface area contributed by atoms with E-state index in [2.05, 4.69) is 4.90 Å². The van der Waals surface area contributed by atoms with Gasteiger partial charge in [0, 0.05) is 19.1 Å². The molecule has 3 aliphatic rings. The quantitative estimate of drug-likeness (QED) is 0.778. The summed E-state index contributed by atoms with van der Waals surface area (Å²) >= 11 is 0. The van der Waals surface area contributed by atoms with Crippen LogP contribution in [0, 0.1) is 17.8 Å². The van der Waals surface area contributed by atoms with Crippen molar-refractivity contribution >= 4 is 5.97 Å². The predicted molar refractivity (Wildman–Crippen MR) is 61.2 cm³/mol. The van der Waals surface area contributed by atoms with Crippen molar-refractivity contribution in [1.82, 2.24) is 4.90 Å². The van der Waals surface area contributed by atoms with Crippen LogP contribution in [0.25, 0.3) is 0 Å². The third-order valence-corrected chi connectivity index (χ3v) is 5.02. The molecule has 3 fully saturated rings. The highest BCUT2D eigenvalue weighted by Crippen LogP contribution is 2.41. The predicted octanol–water partition coefficient (Wildman–Crippen LogP) is 1.97. The van der Waals surface area contributed by atoms with Gasteiger partial charge in [0.15, 0.2) is 0 Å². The molecule has 4 unspecified atom stereocenters. The number of carboxylic acid groups (broad SMARTS) is 1. The maximum absolute atomic E-state index is 11.2. The van der Waals surface area contributed by atoms with E-state index >= 15 is 0 Å².